The number of anilines is 2. The van der Waals surface area contributed by atoms with Gasteiger partial charge in [-0.15, -0.1) is 11.3 Å². The number of thiophene rings is 1. The zero-order chi connectivity index (χ0) is 23.9. The zero-order valence-corrected chi connectivity index (χ0v) is 21.0. The van der Waals surface area contributed by atoms with Crippen LogP contribution in [0.5, 0.6) is 5.75 Å². The predicted molar refractivity (Wildman–Crippen MR) is 139 cm³/mol. The summed E-state index contributed by atoms with van der Waals surface area (Å²) >= 11 is 7.71. The highest BCUT2D eigenvalue weighted by Gasteiger charge is 2.37. The Bertz CT molecular complexity index is 1290. The van der Waals surface area contributed by atoms with Gasteiger partial charge in [-0.3, -0.25) is 9.69 Å². The van der Waals surface area contributed by atoms with E-state index < -0.39 is 0 Å². The number of aromatic nitrogens is 2. The smallest absolute Gasteiger partial charge is 0.246 e. The van der Waals surface area contributed by atoms with Gasteiger partial charge in [-0.05, 0) is 62.3 Å². The molecule has 3 aliphatic rings. The first-order chi connectivity index (χ1) is 17.0. The molecule has 2 atom stereocenters. The minimum atomic E-state index is 0.0779. The number of nitrogens with one attached hydrogen (secondary N) is 1. The van der Waals surface area contributed by atoms with Gasteiger partial charge in [0.25, 0.3) is 0 Å². The molecule has 1 saturated carbocycles. The number of amides is 1. The summed E-state index contributed by atoms with van der Waals surface area (Å²) in [5.74, 6) is 1.74. The van der Waals surface area contributed by atoms with E-state index in [2.05, 4.69) is 26.3 Å². The van der Waals surface area contributed by atoms with Crippen LogP contribution in [0.3, 0.4) is 0 Å². The van der Waals surface area contributed by atoms with Crippen LogP contribution < -0.4 is 5.32 Å². The highest BCUT2D eigenvalue weighted by molar-refractivity contribution is 7.19. The average Bonchev–Trinajstić information content (AvgIpc) is 3.18. The lowest BCUT2D eigenvalue weighted by Crippen LogP contribution is -2.50. The van der Waals surface area contributed by atoms with Crippen molar-refractivity contribution in [2.45, 2.75) is 44.7 Å². The lowest BCUT2D eigenvalue weighted by Gasteiger charge is -2.48. The summed E-state index contributed by atoms with van der Waals surface area (Å²) in [6.07, 6.45) is 11.4. The molecule has 2 fully saturated rings. The predicted octanol–water partition coefficient (Wildman–Crippen LogP) is 5.11. The van der Waals surface area contributed by atoms with Crippen LogP contribution in [0, 0.1) is 5.92 Å². The molecular formula is C26H28ClN5O2S. The Morgan fingerprint density at radius 1 is 1.23 bits per heavy atom. The SMILES string of the molecule is O=C(/C=C/CN1CCCC2CCC21)N1CCc2c(sc3ncnc(Nc4cc(O)cc(Cl)c4)c23)C1. The van der Waals surface area contributed by atoms with Crippen LogP contribution in [0.25, 0.3) is 10.2 Å². The van der Waals surface area contributed by atoms with E-state index in [0.717, 1.165) is 46.6 Å². The lowest BCUT2D eigenvalue weighted by molar-refractivity contribution is -0.126. The van der Waals surface area contributed by atoms with Gasteiger partial charge in [-0.25, -0.2) is 9.97 Å². The molecule has 9 heteroatoms. The van der Waals surface area contributed by atoms with Crippen molar-refractivity contribution >= 4 is 50.6 Å². The molecule has 35 heavy (non-hydrogen) atoms. The number of carbonyl (C=O) groups excluding carboxylic acids is 1. The Morgan fingerprint density at radius 2 is 2.14 bits per heavy atom. The van der Waals surface area contributed by atoms with Crippen molar-refractivity contribution < 1.29 is 9.90 Å². The van der Waals surface area contributed by atoms with E-state index in [1.165, 1.54) is 43.6 Å². The molecule has 0 spiro atoms. The maximum absolute atomic E-state index is 12.9. The van der Waals surface area contributed by atoms with Gasteiger partial charge in [-0.2, -0.15) is 0 Å². The molecule has 2 N–H and O–H groups in total. The fourth-order valence-electron chi connectivity index (χ4n) is 5.71. The Hall–Kier alpha value is -2.68. The van der Waals surface area contributed by atoms with Gasteiger partial charge in [0.1, 0.15) is 22.7 Å². The molecule has 1 saturated heterocycles. The molecule has 2 aliphatic heterocycles. The molecule has 7 nitrogen and oxygen atoms in total. The Morgan fingerprint density at radius 3 is 2.97 bits per heavy atom. The van der Waals surface area contributed by atoms with Crippen molar-refractivity contribution in [1.82, 2.24) is 19.8 Å². The standard InChI is InChI=1S/C26H28ClN5O2S/c27-17-11-18(13-19(33)12-17)30-25-24-20-7-10-32(14-22(20)35-26(24)29-15-28-25)23(34)4-2-9-31-8-1-3-16-5-6-21(16)31/h2,4,11-13,15-16,21,33H,1,3,5-10,14H2,(H,28,29,30)/b4-2+. The molecule has 0 bridgehead atoms. The number of nitrogens with zero attached hydrogens (tertiary/aromatic N) is 4. The maximum atomic E-state index is 12.9. The number of likely N-dealkylation sites (tertiary alicyclic amines) is 1. The number of benzene rings is 1. The second-order valence-corrected chi connectivity index (χ2v) is 11.2. The first-order valence-electron chi connectivity index (χ1n) is 12.3. The van der Waals surface area contributed by atoms with Crippen molar-refractivity contribution in [1.29, 1.82) is 0 Å². The van der Waals surface area contributed by atoms with Crippen LogP contribution in [0.4, 0.5) is 11.5 Å². The molecule has 2 aromatic heterocycles. The number of phenolic OH excluding ortho intramolecular Hbond substituents is 1. The monoisotopic (exact) mass is 509 g/mol. The third-order valence-electron chi connectivity index (χ3n) is 7.56. The number of hydrogen-bond donors (Lipinski definition) is 2. The van der Waals surface area contributed by atoms with Gasteiger partial charge in [0.15, 0.2) is 0 Å². The van der Waals surface area contributed by atoms with Crippen LogP contribution in [-0.2, 0) is 17.8 Å². The minimum Gasteiger partial charge on any atom is -0.508 e. The largest absolute Gasteiger partial charge is 0.508 e. The van der Waals surface area contributed by atoms with Crippen LogP contribution in [0.1, 0.15) is 36.1 Å². The van der Waals surface area contributed by atoms with E-state index in [1.54, 1.807) is 29.5 Å². The maximum Gasteiger partial charge on any atom is 0.246 e. The van der Waals surface area contributed by atoms with Crippen molar-refractivity contribution in [3.8, 4) is 5.75 Å². The second kappa shape index (κ2) is 9.41. The molecule has 1 amide bonds. The van der Waals surface area contributed by atoms with Crippen molar-refractivity contribution in [2.75, 3.05) is 25.0 Å². The van der Waals surface area contributed by atoms with Crippen molar-refractivity contribution in [2.24, 2.45) is 5.92 Å². The zero-order valence-electron chi connectivity index (χ0n) is 19.4. The molecule has 0 radical (unpaired) electrons. The normalized spacial score (nSPS) is 22.1. The molecule has 4 heterocycles. The molecule has 1 aromatic carbocycles. The van der Waals surface area contributed by atoms with E-state index in [1.807, 2.05) is 4.90 Å². The van der Waals surface area contributed by atoms with Gasteiger partial charge in [0.05, 0.1) is 11.9 Å². The molecule has 1 aliphatic carbocycles. The summed E-state index contributed by atoms with van der Waals surface area (Å²) in [5.41, 5.74) is 1.85. The highest BCUT2D eigenvalue weighted by Crippen LogP contribution is 2.40. The lowest BCUT2D eigenvalue weighted by atomic mass is 9.73. The third-order valence-corrected chi connectivity index (χ3v) is 8.90. The number of aromatic hydroxyl groups is 1. The molecule has 3 aromatic rings. The summed E-state index contributed by atoms with van der Waals surface area (Å²) in [5, 5.41) is 14.6. The summed E-state index contributed by atoms with van der Waals surface area (Å²) in [6, 6.07) is 5.58. The molecule has 2 unspecified atom stereocenters. The van der Waals surface area contributed by atoms with E-state index in [4.69, 9.17) is 11.6 Å². The van der Waals surface area contributed by atoms with Crippen molar-refractivity contribution in [3.63, 3.8) is 0 Å². The fourth-order valence-corrected chi connectivity index (χ4v) is 7.14. The van der Waals surface area contributed by atoms with Crippen LogP contribution in [-0.4, -0.2) is 56.5 Å². The van der Waals surface area contributed by atoms with E-state index in [9.17, 15) is 9.90 Å². The summed E-state index contributed by atoms with van der Waals surface area (Å²) in [7, 11) is 0. The number of fused-ring (bicyclic) bond motifs is 4. The van der Waals surface area contributed by atoms with Gasteiger partial charge in [0, 0.05) is 46.9 Å². The van der Waals surface area contributed by atoms with Crippen LogP contribution >= 0.6 is 22.9 Å². The minimum absolute atomic E-state index is 0.0779. The summed E-state index contributed by atoms with van der Waals surface area (Å²) in [4.78, 5) is 28.4. The number of rotatable bonds is 5. The molecular weight excluding hydrogens is 482 g/mol. The first kappa shape index (κ1) is 22.8. The molecule has 6 rings (SSSR count). The first-order valence-corrected chi connectivity index (χ1v) is 13.5. The van der Waals surface area contributed by atoms with E-state index in [-0.39, 0.29) is 11.7 Å². The number of hydrogen-bond acceptors (Lipinski definition) is 7. The third kappa shape index (κ3) is 4.50. The fraction of sp³-hybridized carbons (Fsp3) is 0.423. The number of phenols is 1. The molecule has 182 valence electrons. The Kier molecular flexibility index (Phi) is 6.12. The number of carbonyl (C=O) groups is 1. The van der Waals surface area contributed by atoms with Crippen molar-refractivity contribution in [3.05, 3.63) is 52.1 Å². The summed E-state index contributed by atoms with van der Waals surface area (Å²) < 4.78 is 0. The topological polar surface area (TPSA) is 81.6 Å². The Labute approximate surface area is 213 Å². The van der Waals surface area contributed by atoms with Gasteiger partial charge < -0.3 is 15.3 Å². The van der Waals surface area contributed by atoms with E-state index >= 15 is 0 Å². The second-order valence-electron chi connectivity index (χ2n) is 9.68. The number of piperidine rings is 1. The van der Waals surface area contributed by atoms with E-state index in [0.29, 0.717) is 29.6 Å². The van der Waals surface area contributed by atoms with Crippen LogP contribution in [0.15, 0.2) is 36.7 Å². The average molecular weight is 510 g/mol. The Balaban J connectivity index is 1.16. The van der Waals surface area contributed by atoms with Gasteiger partial charge in [-0.1, -0.05) is 17.7 Å². The highest BCUT2D eigenvalue weighted by atomic mass is 35.5. The van der Waals surface area contributed by atoms with Gasteiger partial charge >= 0.3 is 0 Å². The quantitative estimate of drug-likeness (QED) is 0.465. The van der Waals surface area contributed by atoms with Gasteiger partial charge in [0.2, 0.25) is 5.91 Å². The summed E-state index contributed by atoms with van der Waals surface area (Å²) in [6.45, 7) is 3.29. The number of halogens is 1. The van der Waals surface area contributed by atoms with Crippen LogP contribution in [0.2, 0.25) is 5.02 Å².